The van der Waals surface area contributed by atoms with Crippen LogP contribution in [-0.2, 0) is 23.1 Å². The molecule has 3 heterocycles. The van der Waals surface area contributed by atoms with E-state index >= 15 is 0 Å². The molecule has 3 aromatic rings. The summed E-state index contributed by atoms with van der Waals surface area (Å²) in [5.41, 5.74) is 5.61. The van der Waals surface area contributed by atoms with Crippen LogP contribution in [0.3, 0.4) is 0 Å². The van der Waals surface area contributed by atoms with Gasteiger partial charge < -0.3 is 31.2 Å². The molecule has 0 aliphatic carbocycles. The van der Waals surface area contributed by atoms with Crippen LogP contribution in [0.2, 0.25) is 0 Å². The van der Waals surface area contributed by atoms with Crippen molar-refractivity contribution in [1.29, 1.82) is 0 Å². The van der Waals surface area contributed by atoms with E-state index in [1.807, 2.05) is 5.38 Å². The molecular formula is C25H26F2N6O4S. The van der Waals surface area contributed by atoms with Gasteiger partial charge in [-0.05, 0) is 42.1 Å². The second-order valence-corrected chi connectivity index (χ2v) is 9.84. The topological polar surface area (TPSA) is 139 Å². The Kier molecular flexibility index (Phi) is 8.05. The number of urea groups is 1. The molecule has 1 aromatic carbocycles. The molecule has 3 atom stereocenters. The van der Waals surface area contributed by atoms with Gasteiger partial charge in [0, 0.05) is 37.2 Å². The fourth-order valence-corrected chi connectivity index (χ4v) is 5.11. The summed E-state index contributed by atoms with van der Waals surface area (Å²) >= 11 is 1.40. The number of primary amides is 1. The van der Waals surface area contributed by atoms with E-state index in [9.17, 15) is 28.0 Å². The normalized spacial score (nSPS) is 17.6. The lowest BCUT2D eigenvalue weighted by molar-refractivity contribution is -0.130. The summed E-state index contributed by atoms with van der Waals surface area (Å²) in [6.45, 7) is 0.129. The molecule has 1 saturated heterocycles. The number of hydrogen-bond donors (Lipinski definition) is 4. The van der Waals surface area contributed by atoms with Crippen molar-refractivity contribution in [2.24, 2.45) is 12.8 Å². The van der Waals surface area contributed by atoms with Crippen molar-refractivity contribution in [2.75, 3.05) is 11.9 Å². The zero-order chi connectivity index (χ0) is 27.4. The van der Waals surface area contributed by atoms with E-state index in [0.717, 1.165) is 17.0 Å². The molecule has 5 amide bonds. The van der Waals surface area contributed by atoms with E-state index in [1.165, 1.54) is 16.2 Å². The number of carbonyl (C=O) groups is 4. The minimum Gasteiger partial charge on any atom is -0.368 e. The predicted octanol–water partition coefficient (Wildman–Crippen LogP) is 1.98. The summed E-state index contributed by atoms with van der Waals surface area (Å²) < 4.78 is 28.8. The van der Waals surface area contributed by atoms with Gasteiger partial charge in [0.25, 0.3) is 5.91 Å². The minimum absolute atomic E-state index is 0.129. The van der Waals surface area contributed by atoms with Crippen LogP contribution in [0.1, 0.15) is 21.8 Å². The summed E-state index contributed by atoms with van der Waals surface area (Å²) in [5.74, 6) is -3.65. The molecule has 13 heteroatoms. The van der Waals surface area contributed by atoms with Crippen molar-refractivity contribution in [1.82, 2.24) is 20.1 Å². The number of nitrogens with zero attached hydrogens (tertiary/aromatic N) is 2. The van der Waals surface area contributed by atoms with Crippen LogP contribution in [0.15, 0.2) is 54.0 Å². The molecule has 38 heavy (non-hydrogen) atoms. The van der Waals surface area contributed by atoms with Crippen LogP contribution in [0.4, 0.5) is 19.3 Å². The summed E-state index contributed by atoms with van der Waals surface area (Å²) in [6.07, 6.45) is 2.06. The summed E-state index contributed by atoms with van der Waals surface area (Å²) in [5, 5.41) is 9.35. The number of carbonyl (C=O) groups excluding carboxylic acids is 4. The molecule has 1 fully saturated rings. The van der Waals surface area contributed by atoms with Crippen LogP contribution in [-0.4, -0.2) is 57.9 Å². The number of likely N-dealkylation sites (tertiary alicyclic amines) is 1. The Morgan fingerprint density at radius 2 is 1.95 bits per heavy atom. The van der Waals surface area contributed by atoms with Crippen molar-refractivity contribution < 1.29 is 28.0 Å². The first kappa shape index (κ1) is 26.8. The SMILES string of the molecule is Cn1cccc1C(=O)N1CC[C@H](NC(=O)Nc2ccc(F)cc2F)[C@H]1C(=O)N[C@@H](Cc1cccs1)C(N)=O. The third-order valence-electron chi connectivity index (χ3n) is 6.23. The van der Waals surface area contributed by atoms with E-state index in [2.05, 4.69) is 16.0 Å². The second-order valence-electron chi connectivity index (χ2n) is 8.81. The van der Waals surface area contributed by atoms with Gasteiger partial charge in [-0.2, -0.15) is 0 Å². The third kappa shape index (κ3) is 5.99. The van der Waals surface area contributed by atoms with Crippen LogP contribution in [0.5, 0.6) is 0 Å². The van der Waals surface area contributed by atoms with E-state index in [1.54, 1.807) is 42.1 Å². The van der Waals surface area contributed by atoms with Gasteiger partial charge in [0.1, 0.15) is 29.4 Å². The standard InChI is InChI=1S/C25H26F2N6O4S/c1-32-9-2-5-20(32)24(36)33-10-8-18(31-25(37)30-17-7-6-14(26)12-16(17)27)21(33)23(35)29-19(22(28)34)13-15-4-3-11-38-15/h2-7,9,11-12,18-19,21H,8,10,13H2,1H3,(H2,28,34)(H,29,35)(H2,30,31,37)/t18-,19-,21-/m0/s1. The van der Waals surface area contributed by atoms with E-state index in [0.29, 0.717) is 11.8 Å². The molecule has 10 nitrogen and oxygen atoms in total. The van der Waals surface area contributed by atoms with Gasteiger partial charge in [-0.25, -0.2) is 13.6 Å². The Hall–Kier alpha value is -4.26. The Balaban J connectivity index is 1.55. The molecule has 0 saturated carbocycles. The number of nitrogens with two attached hydrogens (primary N) is 1. The average molecular weight is 545 g/mol. The maximum atomic E-state index is 14.0. The second kappa shape index (κ2) is 11.4. The van der Waals surface area contributed by atoms with E-state index in [-0.39, 0.29) is 25.1 Å². The number of halogens is 2. The molecule has 2 aromatic heterocycles. The van der Waals surface area contributed by atoms with Crippen LogP contribution >= 0.6 is 11.3 Å². The Labute approximate surface area is 220 Å². The lowest BCUT2D eigenvalue weighted by atomic mass is 10.1. The van der Waals surface area contributed by atoms with Crippen molar-refractivity contribution in [3.63, 3.8) is 0 Å². The number of thiophene rings is 1. The quantitative estimate of drug-likeness (QED) is 0.345. The number of anilines is 1. The van der Waals surface area contributed by atoms with Crippen molar-refractivity contribution in [3.05, 3.63) is 76.2 Å². The molecule has 1 aliphatic rings. The number of rotatable bonds is 8. The van der Waals surface area contributed by atoms with Gasteiger partial charge in [-0.1, -0.05) is 6.07 Å². The smallest absolute Gasteiger partial charge is 0.319 e. The first-order valence-corrected chi connectivity index (χ1v) is 12.6. The maximum absolute atomic E-state index is 14.0. The van der Waals surface area contributed by atoms with Crippen LogP contribution < -0.4 is 21.7 Å². The third-order valence-corrected chi connectivity index (χ3v) is 7.13. The highest BCUT2D eigenvalue weighted by atomic mass is 32.1. The van der Waals surface area contributed by atoms with E-state index < -0.39 is 53.5 Å². The predicted molar refractivity (Wildman–Crippen MR) is 136 cm³/mol. The van der Waals surface area contributed by atoms with Crippen molar-refractivity contribution in [3.8, 4) is 0 Å². The molecule has 0 unspecified atom stereocenters. The molecule has 4 rings (SSSR count). The van der Waals surface area contributed by atoms with Crippen LogP contribution in [0, 0.1) is 11.6 Å². The highest BCUT2D eigenvalue weighted by molar-refractivity contribution is 7.09. The Morgan fingerprint density at radius 3 is 2.58 bits per heavy atom. The van der Waals surface area contributed by atoms with Crippen LogP contribution in [0.25, 0.3) is 0 Å². The molecule has 0 spiro atoms. The largest absolute Gasteiger partial charge is 0.368 e. The highest BCUT2D eigenvalue weighted by Gasteiger charge is 2.44. The number of amides is 5. The van der Waals surface area contributed by atoms with Gasteiger partial charge in [-0.15, -0.1) is 11.3 Å². The fraction of sp³-hybridized carbons (Fsp3) is 0.280. The zero-order valence-corrected chi connectivity index (χ0v) is 21.1. The first-order valence-electron chi connectivity index (χ1n) is 11.7. The van der Waals surface area contributed by atoms with Gasteiger partial charge in [-0.3, -0.25) is 14.4 Å². The number of aryl methyl sites for hydroxylation is 1. The van der Waals surface area contributed by atoms with Gasteiger partial charge in [0.05, 0.1) is 11.7 Å². The van der Waals surface area contributed by atoms with E-state index in [4.69, 9.17) is 5.73 Å². The van der Waals surface area contributed by atoms with Crippen molar-refractivity contribution in [2.45, 2.75) is 31.0 Å². The number of nitrogens with one attached hydrogen (secondary N) is 3. The van der Waals surface area contributed by atoms with Crippen molar-refractivity contribution >= 4 is 40.8 Å². The Bertz CT molecular complexity index is 1350. The summed E-state index contributed by atoms with van der Waals surface area (Å²) in [4.78, 5) is 53.8. The van der Waals surface area contributed by atoms with Gasteiger partial charge in [0.2, 0.25) is 11.8 Å². The number of aromatic nitrogens is 1. The number of hydrogen-bond acceptors (Lipinski definition) is 5. The zero-order valence-electron chi connectivity index (χ0n) is 20.3. The lowest BCUT2D eigenvalue weighted by Gasteiger charge is -2.29. The monoisotopic (exact) mass is 544 g/mol. The van der Waals surface area contributed by atoms with Gasteiger partial charge in [0.15, 0.2) is 0 Å². The number of benzene rings is 1. The average Bonchev–Trinajstić information content (AvgIpc) is 3.61. The molecule has 0 radical (unpaired) electrons. The molecule has 0 bridgehead atoms. The fourth-order valence-electron chi connectivity index (χ4n) is 4.35. The maximum Gasteiger partial charge on any atom is 0.319 e. The Morgan fingerprint density at radius 1 is 1.16 bits per heavy atom. The lowest BCUT2D eigenvalue weighted by Crippen LogP contribution is -2.58. The summed E-state index contributed by atoms with van der Waals surface area (Å²) in [6, 6.07) is 5.61. The highest BCUT2D eigenvalue weighted by Crippen LogP contribution is 2.23. The molecule has 5 N–H and O–H groups in total. The van der Waals surface area contributed by atoms with Gasteiger partial charge >= 0.3 is 6.03 Å². The molecule has 200 valence electrons. The first-order chi connectivity index (χ1) is 18.1. The minimum atomic E-state index is -1.19. The molecular weight excluding hydrogens is 518 g/mol. The summed E-state index contributed by atoms with van der Waals surface area (Å²) in [7, 11) is 1.68. The molecule has 1 aliphatic heterocycles.